The summed E-state index contributed by atoms with van der Waals surface area (Å²) in [5.41, 5.74) is 1.74. The third kappa shape index (κ3) is 7.00. The van der Waals surface area contributed by atoms with E-state index in [4.69, 9.17) is 4.74 Å². The molecule has 1 saturated carbocycles. The first-order chi connectivity index (χ1) is 14.1. The van der Waals surface area contributed by atoms with Crippen LogP contribution in [0.2, 0.25) is 0 Å². The van der Waals surface area contributed by atoms with Crippen LogP contribution in [0.15, 0.2) is 24.3 Å². The number of benzene rings is 1. The SMILES string of the molecule is CC(C)CCc1ccc(OCC(C)CC2NCNC23CCCCCCCC3)cc1. The van der Waals surface area contributed by atoms with E-state index in [9.17, 15) is 0 Å². The van der Waals surface area contributed by atoms with Crippen molar-refractivity contribution < 1.29 is 4.74 Å². The molecule has 2 unspecified atom stereocenters. The van der Waals surface area contributed by atoms with Crippen LogP contribution < -0.4 is 15.4 Å². The van der Waals surface area contributed by atoms with Gasteiger partial charge in [0.05, 0.1) is 6.61 Å². The lowest BCUT2D eigenvalue weighted by atomic mass is 9.79. The van der Waals surface area contributed by atoms with Gasteiger partial charge in [-0.15, -0.1) is 0 Å². The Bertz CT molecular complexity index is 573. The van der Waals surface area contributed by atoms with Crippen molar-refractivity contribution in [3.63, 3.8) is 0 Å². The summed E-state index contributed by atoms with van der Waals surface area (Å²) in [6, 6.07) is 9.35. The molecule has 2 fully saturated rings. The highest BCUT2D eigenvalue weighted by Crippen LogP contribution is 2.33. The first-order valence-electron chi connectivity index (χ1n) is 12.3. The van der Waals surface area contributed by atoms with Gasteiger partial charge >= 0.3 is 0 Å². The lowest BCUT2D eigenvalue weighted by Gasteiger charge is -2.36. The van der Waals surface area contributed by atoms with Gasteiger partial charge in [0.25, 0.3) is 0 Å². The Morgan fingerprint density at radius 1 is 0.966 bits per heavy atom. The van der Waals surface area contributed by atoms with E-state index in [1.54, 1.807) is 0 Å². The molecule has 0 bridgehead atoms. The second-order valence-electron chi connectivity index (χ2n) is 10.1. The summed E-state index contributed by atoms with van der Waals surface area (Å²) in [6.45, 7) is 8.70. The van der Waals surface area contributed by atoms with Gasteiger partial charge in [0.15, 0.2) is 0 Å². The number of aryl methyl sites for hydroxylation is 1. The summed E-state index contributed by atoms with van der Waals surface area (Å²) in [4.78, 5) is 0. The van der Waals surface area contributed by atoms with E-state index >= 15 is 0 Å². The average molecular weight is 401 g/mol. The van der Waals surface area contributed by atoms with Crippen LogP contribution >= 0.6 is 0 Å². The average Bonchev–Trinajstić information content (AvgIpc) is 3.14. The molecule has 1 spiro atoms. The van der Waals surface area contributed by atoms with Crippen LogP contribution in [-0.2, 0) is 6.42 Å². The van der Waals surface area contributed by atoms with Gasteiger partial charge in [0.2, 0.25) is 0 Å². The first kappa shape index (κ1) is 22.6. The predicted octanol–water partition coefficient (Wildman–Crippen LogP) is 6.07. The summed E-state index contributed by atoms with van der Waals surface area (Å²) in [5, 5.41) is 7.65. The third-order valence-electron chi connectivity index (χ3n) is 7.06. The lowest BCUT2D eigenvalue weighted by molar-refractivity contribution is 0.201. The molecule has 0 aromatic heterocycles. The Hall–Kier alpha value is -1.06. The minimum absolute atomic E-state index is 0.316. The molecule has 3 heteroatoms. The highest BCUT2D eigenvalue weighted by molar-refractivity contribution is 5.27. The molecule has 1 heterocycles. The van der Waals surface area contributed by atoms with E-state index in [1.165, 1.54) is 69.8 Å². The highest BCUT2D eigenvalue weighted by Gasteiger charge is 2.41. The molecule has 1 aromatic rings. The number of hydrogen-bond acceptors (Lipinski definition) is 3. The maximum Gasteiger partial charge on any atom is 0.119 e. The fourth-order valence-corrected chi connectivity index (χ4v) is 5.13. The van der Waals surface area contributed by atoms with Crippen LogP contribution in [0.4, 0.5) is 0 Å². The maximum atomic E-state index is 6.15. The predicted molar refractivity (Wildman–Crippen MR) is 123 cm³/mol. The Morgan fingerprint density at radius 2 is 1.62 bits per heavy atom. The van der Waals surface area contributed by atoms with Crippen LogP contribution in [0, 0.1) is 11.8 Å². The van der Waals surface area contributed by atoms with E-state index in [0.29, 0.717) is 17.5 Å². The van der Waals surface area contributed by atoms with Gasteiger partial charge in [-0.25, -0.2) is 0 Å². The second-order valence-corrected chi connectivity index (χ2v) is 10.1. The van der Waals surface area contributed by atoms with E-state index < -0.39 is 0 Å². The molecule has 1 aromatic carbocycles. The summed E-state index contributed by atoms with van der Waals surface area (Å²) in [5.74, 6) is 2.33. The van der Waals surface area contributed by atoms with E-state index in [1.807, 2.05) is 0 Å². The quantitative estimate of drug-likeness (QED) is 0.555. The molecule has 2 N–H and O–H groups in total. The van der Waals surface area contributed by atoms with Gasteiger partial charge in [-0.1, -0.05) is 71.4 Å². The molecule has 0 amide bonds. The standard InChI is InChI=1S/C26H44N2O/c1-21(2)10-11-23-12-14-24(15-13-23)29-19-22(3)18-25-26(28-20-27-25)16-8-6-4-5-7-9-17-26/h12-15,21-22,25,27-28H,4-11,16-20H2,1-3H3. The summed E-state index contributed by atoms with van der Waals surface area (Å²) >= 11 is 0. The number of nitrogens with one attached hydrogen (secondary N) is 2. The van der Waals surface area contributed by atoms with Crippen LogP contribution in [0.3, 0.4) is 0 Å². The smallest absolute Gasteiger partial charge is 0.119 e. The third-order valence-corrected chi connectivity index (χ3v) is 7.06. The van der Waals surface area contributed by atoms with E-state index in [0.717, 1.165) is 31.4 Å². The Balaban J connectivity index is 1.47. The van der Waals surface area contributed by atoms with Crippen molar-refractivity contribution >= 4 is 0 Å². The van der Waals surface area contributed by atoms with Crippen molar-refractivity contribution in [3.05, 3.63) is 29.8 Å². The van der Waals surface area contributed by atoms with E-state index in [2.05, 4.69) is 55.7 Å². The zero-order valence-corrected chi connectivity index (χ0v) is 19.1. The zero-order valence-electron chi connectivity index (χ0n) is 19.1. The molecule has 3 nitrogen and oxygen atoms in total. The lowest BCUT2D eigenvalue weighted by Crippen LogP contribution is -2.50. The largest absolute Gasteiger partial charge is 0.493 e. The molecule has 1 aliphatic heterocycles. The van der Waals surface area contributed by atoms with Gasteiger partial charge in [-0.3, -0.25) is 10.6 Å². The molecular weight excluding hydrogens is 356 g/mol. The van der Waals surface area contributed by atoms with E-state index in [-0.39, 0.29) is 0 Å². The fraction of sp³-hybridized carbons (Fsp3) is 0.769. The van der Waals surface area contributed by atoms with Gasteiger partial charge in [0.1, 0.15) is 5.75 Å². The number of hydrogen-bond donors (Lipinski definition) is 2. The van der Waals surface area contributed by atoms with Gasteiger partial charge < -0.3 is 4.74 Å². The Kier molecular flexibility index (Phi) is 8.86. The minimum atomic E-state index is 0.316. The van der Waals surface area contributed by atoms with Crippen molar-refractivity contribution in [3.8, 4) is 5.75 Å². The van der Waals surface area contributed by atoms with Crippen molar-refractivity contribution in [2.45, 2.75) is 103 Å². The summed E-state index contributed by atoms with van der Waals surface area (Å²) < 4.78 is 6.15. The molecule has 0 radical (unpaired) electrons. The minimum Gasteiger partial charge on any atom is -0.493 e. The normalized spacial score (nSPS) is 23.5. The zero-order chi connectivity index (χ0) is 20.5. The van der Waals surface area contributed by atoms with Crippen molar-refractivity contribution in [1.29, 1.82) is 0 Å². The van der Waals surface area contributed by atoms with Crippen LogP contribution in [-0.4, -0.2) is 24.9 Å². The van der Waals surface area contributed by atoms with Crippen LogP contribution in [0.25, 0.3) is 0 Å². The highest BCUT2D eigenvalue weighted by atomic mass is 16.5. The number of ether oxygens (including phenoxy) is 1. The van der Waals surface area contributed by atoms with Gasteiger partial charge in [0, 0.05) is 18.2 Å². The molecule has 3 rings (SSSR count). The topological polar surface area (TPSA) is 33.3 Å². The summed E-state index contributed by atoms with van der Waals surface area (Å²) in [6.07, 6.45) is 14.7. The Morgan fingerprint density at radius 3 is 2.28 bits per heavy atom. The molecule has 1 saturated heterocycles. The van der Waals surface area contributed by atoms with Crippen LogP contribution in [0.5, 0.6) is 5.75 Å². The maximum absolute atomic E-state index is 6.15. The first-order valence-corrected chi connectivity index (χ1v) is 12.3. The molecular formula is C26H44N2O. The van der Waals surface area contributed by atoms with Crippen molar-refractivity contribution in [2.75, 3.05) is 13.3 Å². The van der Waals surface area contributed by atoms with Gasteiger partial charge in [-0.2, -0.15) is 0 Å². The number of rotatable bonds is 8. The van der Waals surface area contributed by atoms with Crippen molar-refractivity contribution in [2.24, 2.45) is 11.8 Å². The Labute approximate surface area is 179 Å². The van der Waals surface area contributed by atoms with Gasteiger partial charge in [-0.05, 0) is 61.6 Å². The second kappa shape index (κ2) is 11.4. The monoisotopic (exact) mass is 400 g/mol. The molecule has 1 aliphatic carbocycles. The fourth-order valence-electron chi connectivity index (χ4n) is 5.13. The van der Waals surface area contributed by atoms with Crippen LogP contribution in [0.1, 0.15) is 90.5 Å². The molecule has 2 atom stereocenters. The molecule has 2 aliphatic rings. The molecule has 164 valence electrons. The molecule has 29 heavy (non-hydrogen) atoms. The summed E-state index contributed by atoms with van der Waals surface area (Å²) in [7, 11) is 0. The van der Waals surface area contributed by atoms with Crippen molar-refractivity contribution in [1.82, 2.24) is 10.6 Å².